The molecule has 2 saturated carbocycles. The number of anilines is 1. The number of nitrogens with one attached hydrogen (secondary N) is 1. The number of aromatic carboxylic acids is 1. The summed E-state index contributed by atoms with van der Waals surface area (Å²) in [6.45, 7) is 4.79. The van der Waals surface area contributed by atoms with E-state index in [0.29, 0.717) is 29.7 Å². The van der Waals surface area contributed by atoms with Crippen LogP contribution in [0.2, 0.25) is 0 Å². The molecule has 7 nitrogen and oxygen atoms in total. The predicted octanol–water partition coefficient (Wildman–Crippen LogP) is 3.06. The van der Waals surface area contributed by atoms with E-state index in [0.717, 1.165) is 49.2 Å². The highest BCUT2D eigenvalue weighted by Gasteiger charge is 2.42. The Morgan fingerprint density at radius 1 is 1.26 bits per heavy atom. The summed E-state index contributed by atoms with van der Waals surface area (Å²) in [7, 11) is 0. The van der Waals surface area contributed by atoms with E-state index in [9.17, 15) is 14.7 Å². The second-order valence-corrected chi connectivity index (χ2v) is 9.30. The van der Waals surface area contributed by atoms with Gasteiger partial charge in [-0.25, -0.2) is 4.79 Å². The van der Waals surface area contributed by atoms with Gasteiger partial charge < -0.3 is 19.9 Å². The number of hydrogen-bond acceptors (Lipinski definition) is 5. The maximum atomic E-state index is 12.8. The number of nitriles is 1. The number of fused-ring (bicyclic) bond motifs is 2. The molecule has 3 atom stereocenters. The largest absolute Gasteiger partial charge is 0.477 e. The van der Waals surface area contributed by atoms with Gasteiger partial charge in [0.1, 0.15) is 5.56 Å². The van der Waals surface area contributed by atoms with Crippen LogP contribution in [0.15, 0.2) is 23.1 Å². The molecule has 0 bridgehead atoms. The summed E-state index contributed by atoms with van der Waals surface area (Å²) in [5.41, 5.74) is 2.56. The number of rotatable bonds is 6. The van der Waals surface area contributed by atoms with Crippen molar-refractivity contribution in [2.24, 2.45) is 11.8 Å². The molecule has 3 aliphatic rings. The van der Waals surface area contributed by atoms with Gasteiger partial charge in [0.2, 0.25) is 5.43 Å². The Hall–Kier alpha value is -2.85. The number of aryl methyl sites for hydroxylation is 1. The summed E-state index contributed by atoms with van der Waals surface area (Å²) in [6.07, 6.45) is 6.50. The molecule has 0 spiro atoms. The van der Waals surface area contributed by atoms with Crippen molar-refractivity contribution in [3.63, 3.8) is 0 Å². The lowest BCUT2D eigenvalue weighted by Crippen LogP contribution is -2.36. The van der Waals surface area contributed by atoms with Crippen LogP contribution >= 0.6 is 0 Å². The minimum absolute atomic E-state index is 0.145. The van der Waals surface area contributed by atoms with Gasteiger partial charge in [-0.1, -0.05) is 0 Å². The summed E-state index contributed by atoms with van der Waals surface area (Å²) < 4.78 is 2.03. The summed E-state index contributed by atoms with van der Waals surface area (Å²) in [6, 6.07) is 6.77. The molecule has 0 radical (unpaired) electrons. The van der Waals surface area contributed by atoms with Crippen LogP contribution in [0.25, 0.3) is 10.9 Å². The van der Waals surface area contributed by atoms with E-state index in [1.807, 2.05) is 16.7 Å². The van der Waals surface area contributed by atoms with Crippen LogP contribution in [-0.2, 0) is 0 Å². The van der Waals surface area contributed by atoms with E-state index in [4.69, 9.17) is 5.26 Å². The van der Waals surface area contributed by atoms with E-state index in [1.165, 1.54) is 12.8 Å². The normalized spacial score (nSPS) is 25.0. The quantitative estimate of drug-likeness (QED) is 0.697. The molecule has 3 unspecified atom stereocenters. The van der Waals surface area contributed by atoms with Gasteiger partial charge in [0, 0.05) is 55.4 Å². The van der Waals surface area contributed by atoms with E-state index >= 15 is 0 Å². The summed E-state index contributed by atoms with van der Waals surface area (Å²) in [4.78, 5) is 26.9. The Morgan fingerprint density at radius 3 is 2.77 bits per heavy atom. The Morgan fingerprint density at radius 2 is 2.06 bits per heavy atom. The van der Waals surface area contributed by atoms with Crippen LogP contribution in [0.5, 0.6) is 0 Å². The van der Waals surface area contributed by atoms with Crippen molar-refractivity contribution in [2.45, 2.75) is 51.1 Å². The first kappa shape index (κ1) is 20.1. The smallest absolute Gasteiger partial charge is 0.341 e. The molecule has 2 aliphatic carbocycles. The number of carbonyl (C=O) groups is 1. The third-order valence-electron chi connectivity index (χ3n) is 7.43. The second-order valence-electron chi connectivity index (χ2n) is 9.30. The fraction of sp³-hybridized carbons (Fsp3) is 0.542. The molecule has 5 rings (SSSR count). The number of aromatic nitrogens is 1. The molecule has 2 aromatic rings. The maximum Gasteiger partial charge on any atom is 0.341 e. The zero-order chi connectivity index (χ0) is 21.7. The van der Waals surface area contributed by atoms with Crippen LogP contribution < -0.4 is 15.6 Å². The standard InChI is InChI=1S/C24H28N4O3/c1-14-21(27-11-15-3-7-20(18(15)12-27)26-10-2-9-25)8-6-17-22(14)28(16-4-5-16)13-19(23(17)29)24(30)31/h6,8,13,15-16,18,20,26H,2-5,7,10-12H2,1H3,(H,30,31). The Labute approximate surface area is 181 Å². The molecule has 2 heterocycles. The lowest BCUT2D eigenvalue weighted by atomic mass is 9.98. The second kappa shape index (κ2) is 7.69. The van der Waals surface area contributed by atoms with Crippen LogP contribution in [0.1, 0.15) is 54.1 Å². The average molecular weight is 421 g/mol. The topological polar surface area (TPSA) is 98.4 Å². The molecule has 1 saturated heterocycles. The van der Waals surface area contributed by atoms with Gasteiger partial charge in [0.15, 0.2) is 0 Å². The number of hydrogen-bond donors (Lipinski definition) is 2. The van der Waals surface area contributed by atoms with Gasteiger partial charge >= 0.3 is 5.97 Å². The molecule has 3 fully saturated rings. The van der Waals surface area contributed by atoms with Crippen LogP contribution in [0.3, 0.4) is 0 Å². The minimum atomic E-state index is -1.16. The number of carboxylic acids is 1. The van der Waals surface area contributed by atoms with Crippen molar-refractivity contribution in [1.29, 1.82) is 5.26 Å². The summed E-state index contributed by atoms with van der Waals surface area (Å²) >= 11 is 0. The number of nitrogens with zero attached hydrogens (tertiary/aromatic N) is 3. The number of pyridine rings is 1. The third kappa shape index (κ3) is 3.39. The molecule has 2 N–H and O–H groups in total. The SMILES string of the molecule is Cc1c(N2CC3CCC(NCCC#N)C3C2)ccc2c(=O)c(C(=O)O)cn(C3CC3)c12. The zero-order valence-electron chi connectivity index (χ0n) is 17.8. The van der Waals surface area contributed by atoms with Crippen LogP contribution in [0, 0.1) is 30.1 Å². The number of benzene rings is 1. The Kier molecular flexibility index (Phi) is 4.98. The minimum Gasteiger partial charge on any atom is -0.477 e. The lowest BCUT2D eigenvalue weighted by Gasteiger charge is -2.26. The molecular formula is C24H28N4O3. The van der Waals surface area contributed by atoms with Crippen molar-refractivity contribution < 1.29 is 9.90 Å². The third-order valence-corrected chi connectivity index (χ3v) is 7.43. The fourth-order valence-electron chi connectivity index (χ4n) is 5.78. The highest BCUT2D eigenvalue weighted by atomic mass is 16.4. The first-order valence-electron chi connectivity index (χ1n) is 11.3. The van der Waals surface area contributed by atoms with E-state index in [2.05, 4.69) is 23.2 Å². The Balaban J connectivity index is 1.49. The molecule has 31 heavy (non-hydrogen) atoms. The van der Waals surface area contributed by atoms with Gasteiger partial charge in [-0.15, -0.1) is 0 Å². The average Bonchev–Trinajstić information content (AvgIpc) is 3.40. The van der Waals surface area contributed by atoms with E-state index < -0.39 is 11.4 Å². The van der Waals surface area contributed by atoms with Gasteiger partial charge in [-0.2, -0.15) is 5.26 Å². The van der Waals surface area contributed by atoms with Crippen molar-refractivity contribution in [1.82, 2.24) is 9.88 Å². The van der Waals surface area contributed by atoms with Gasteiger partial charge in [-0.05, 0) is 62.1 Å². The zero-order valence-corrected chi connectivity index (χ0v) is 17.8. The van der Waals surface area contributed by atoms with Gasteiger partial charge in [-0.3, -0.25) is 4.79 Å². The van der Waals surface area contributed by atoms with Crippen molar-refractivity contribution in [3.05, 3.63) is 39.7 Å². The molecule has 7 heteroatoms. The highest BCUT2D eigenvalue weighted by molar-refractivity contribution is 5.95. The molecule has 1 aromatic carbocycles. The maximum absolute atomic E-state index is 12.8. The van der Waals surface area contributed by atoms with Crippen LogP contribution in [0.4, 0.5) is 5.69 Å². The van der Waals surface area contributed by atoms with Gasteiger partial charge in [0.25, 0.3) is 0 Å². The summed E-state index contributed by atoms with van der Waals surface area (Å²) in [5.74, 6) is 0.0637. The molecule has 1 aromatic heterocycles. The van der Waals surface area contributed by atoms with E-state index in [-0.39, 0.29) is 11.6 Å². The first-order valence-corrected chi connectivity index (χ1v) is 11.3. The Bertz CT molecular complexity index is 1140. The van der Waals surface area contributed by atoms with Crippen LogP contribution in [-0.4, -0.2) is 41.3 Å². The first-order chi connectivity index (χ1) is 15.0. The van der Waals surface area contributed by atoms with Crippen molar-refractivity contribution >= 4 is 22.6 Å². The van der Waals surface area contributed by atoms with Gasteiger partial charge in [0.05, 0.1) is 11.6 Å². The molecule has 162 valence electrons. The molecular weight excluding hydrogens is 392 g/mol. The lowest BCUT2D eigenvalue weighted by molar-refractivity contribution is 0.0695. The molecule has 1 aliphatic heterocycles. The van der Waals surface area contributed by atoms with Crippen molar-refractivity contribution in [3.8, 4) is 6.07 Å². The highest BCUT2D eigenvalue weighted by Crippen LogP contribution is 2.43. The van der Waals surface area contributed by atoms with Crippen molar-refractivity contribution in [2.75, 3.05) is 24.5 Å². The number of carboxylic acid groups (broad SMARTS) is 1. The fourth-order valence-corrected chi connectivity index (χ4v) is 5.78. The predicted molar refractivity (Wildman–Crippen MR) is 119 cm³/mol. The van der Waals surface area contributed by atoms with E-state index in [1.54, 1.807) is 6.20 Å². The summed E-state index contributed by atoms with van der Waals surface area (Å²) in [5, 5.41) is 22.4. The molecule has 0 amide bonds. The monoisotopic (exact) mass is 420 g/mol.